The molecule has 0 amide bonds. The summed E-state index contributed by atoms with van der Waals surface area (Å²) in [6.07, 6.45) is 9.64. The van der Waals surface area contributed by atoms with Crippen LogP contribution in [0, 0.1) is 0 Å². The van der Waals surface area contributed by atoms with Gasteiger partial charge in [-0.3, -0.25) is 14.4 Å². The number of carbonyl (C=O) groups excluding carboxylic acids is 3. The minimum absolute atomic E-state index is 0.204. The zero-order valence-corrected chi connectivity index (χ0v) is 21.8. The summed E-state index contributed by atoms with van der Waals surface area (Å²) >= 11 is 0. The highest BCUT2D eigenvalue weighted by atomic mass is 16.5. The van der Waals surface area contributed by atoms with Gasteiger partial charge in [-0.2, -0.15) is 0 Å². The summed E-state index contributed by atoms with van der Waals surface area (Å²) in [6.45, 7) is 8.84. The number of carbonyl (C=O) groups is 3. The Morgan fingerprint density at radius 1 is 0.833 bits per heavy atom. The molecule has 0 N–H and O–H groups in total. The molecule has 0 saturated carbocycles. The molecule has 0 aliphatic heterocycles. The maximum absolute atomic E-state index is 13.1. The lowest BCUT2D eigenvalue weighted by molar-refractivity contribution is -0.132. The van der Waals surface area contributed by atoms with Crippen LogP contribution in [0.1, 0.15) is 68.9 Å². The Morgan fingerprint density at radius 2 is 1.50 bits per heavy atom. The van der Waals surface area contributed by atoms with E-state index >= 15 is 0 Å². The molecule has 0 saturated heterocycles. The smallest absolute Gasteiger partial charge is 0.308 e. The lowest BCUT2D eigenvalue weighted by Crippen LogP contribution is -2.10. The van der Waals surface area contributed by atoms with E-state index in [1.54, 1.807) is 49.6 Å². The molecule has 0 unspecified atom stereocenters. The number of rotatable bonds is 11. The van der Waals surface area contributed by atoms with Crippen molar-refractivity contribution in [2.45, 2.75) is 53.9 Å². The van der Waals surface area contributed by atoms with E-state index in [0.717, 1.165) is 18.4 Å². The van der Waals surface area contributed by atoms with Gasteiger partial charge in [0, 0.05) is 19.4 Å². The van der Waals surface area contributed by atoms with E-state index in [-0.39, 0.29) is 17.1 Å². The van der Waals surface area contributed by atoms with E-state index in [9.17, 15) is 14.4 Å². The Kier molecular flexibility index (Phi) is 10.9. The van der Waals surface area contributed by atoms with Crippen molar-refractivity contribution >= 4 is 23.8 Å². The molecule has 0 bridgehead atoms. The Morgan fingerprint density at radius 3 is 2.08 bits per heavy atom. The second-order valence-electron chi connectivity index (χ2n) is 8.65. The normalized spacial score (nSPS) is 11.2. The van der Waals surface area contributed by atoms with Gasteiger partial charge in [0.2, 0.25) is 0 Å². The predicted octanol–water partition coefficient (Wildman–Crippen LogP) is 6.68. The average molecular weight is 491 g/mol. The van der Waals surface area contributed by atoms with Crippen LogP contribution < -0.4 is 14.2 Å². The fourth-order valence-corrected chi connectivity index (χ4v) is 3.49. The SMILES string of the molecule is COc1ccc(C(=O)C=Cc2ccc(OC(C)=O)cc2)c(OC(C)=O)c1C/C=C(\C)CCC=C(C)C. The first-order valence-corrected chi connectivity index (χ1v) is 11.8. The van der Waals surface area contributed by atoms with Crippen LogP contribution in [0.4, 0.5) is 0 Å². The topological polar surface area (TPSA) is 78.9 Å². The third kappa shape index (κ3) is 9.02. The third-order valence-electron chi connectivity index (χ3n) is 5.26. The Bertz CT molecular complexity index is 1180. The lowest BCUT2D eigenvalue weighted by atomic mass is 9.99. The summed E-state index contributed by atoms with van der Waals surface area (Å²) in [4.78, 5) is 36.1. The molecule has 0 aliphatic rings. The first-order chi connectivity index (χ1) is 17.1. The number of allylic oxidation sites excluding steroid dienone is 5. The summed E-state index contributed by atoms with van der Waals surface area (Å²) in [7, 11) is 1.54. The Labute approximate surface area is 213 Å². The number of hydrogen-bond acceptors (Lipinski definition) is 6. The zero-order chi connectivity index (χ0) is 26.7. The number of hydrogen-bond donors (Lipinski definition) is 0. The highest BCUT2D eigenvalue weighted by Crippen LogP contribution is 2.34. The van der Waals surface area contributed by atoms with Gasteiger partial charge in [-0.15, -0.1) is 0 Å². The van der Waals surface area contributed by atoms with Gasteiger partial charge in [0.25, 0.3) is 0 Å². The molecule has 0 aromatic heterocycles. The highest BCUT2D eigenvalue weighted by molar-refractivity contribution is 6.09. The molecule has 6 heteroatoms. The van der Waals surface area contributed by atoms with Crippen molar-refractivity contribution in [1.29, 1.82) is 0 Å². The van der Waals surface area contributed by atoms with E-state index in [4.69, 9.17) is 14.2 Å². The van der Waals surface area contributed by atoms with Gasteiger partial charge in [0.15, 0.2) is 5.78 Å². The quantitative estimate of drug-likeness (QED) is 0.115. The van der Waals surface area contributed by atoms with Crippen LogP contribution >= 0.6 is 0 Å². The first-order valence-electron chi connectivity index (χ1n) is 11.8. The largest absolute Gasteiger partial charge is 0.496 e. The van der Waals surface area contributed by atoms with Crippen LogP contribution in [0.3, 0.4) is 0 Å². The number of ether oxygens (including phenoxy) is 3. The van der Waals surface area contributed by atoms with Gasteiger partial charge in [0.1, 0.15) is 17.2 Å². The van der Waals surface area contributed by atoms with Gasteiger partial charge in [-0.05, 0) is 75.9 Å². The fourth-order valence-electron chi connectivity index (χ4n) is 3.49. The van der Waals surface area contributed by atoms with Crippen LogP contribution in [-0.4, -0.2) is 24.8 Å². The maximum Gasteiger partial charge on any atom is 0.308 e. The predicted molar refractivity (Wildman–Crippen MR) is 142 cm³/mol. The first kappa shape index (κ1) is 28.3. The molecule has 0 atom stereocenters. The molecule has 0 spiro atoms. The number of ketones is 1. The molecule has 0 aliphatic carbocycles. The Hall–Kier alpha value is -3.93. The number of esters is 2. The van der Waals surface area contributed by atoms with Gasteiger partial charge >= 0.3 is 11.9 Å². The monoisotopic (exact) mass is 490 g/mol. The van der Waals surface area contributed by atoms with E-state index in [1.165, 1.54) is 31.1 Å². The van der Waals surface area contributed by atoms with Crippen molar-refractivity contribution in [3.63, 3.8) is 0 Å². The fraction of sp³-hybridized carbons (Fsp3) is 0.300. The molecule has 0 heterocycles. The van der Waals surface area contributed by atoms with E-state index in [0.29, 0.717) is 23.5 Å². The van der Waals surface area contributed by atoms with Crippen LogP contribution in [0.25, 0.3) is 6.08 Å². The van der Waals surface area contributed by atoms with Crippen molar-refractivity contribution < 1.29 is 28.6 Å². The molecule has 2 aromatic carbocycles. The van der Waals surface area contributed by atoms with Crippen molar-refractivity contribution in [1.82, 2.24) is 0 Å². The number of benzene rings is 2. The highest BCUT2D eigenvalue weighted by Gasteiger charge is 2.20. The minimum Gasteiger partial charge on any atom is -0.496 e. The lowest BCUT2D eigenvalue weighted by Gasteiger charge is -2.15. The van der Waals surface area contributed by atoms with E-state index in [2.05, 4.69) is 32.9 Å². The molecule has 2 aromatic rings. The van der Waals surface area contributed by atoms with Gasteiger partial charge in [-0.1, -0.05) is 41.5 Å². The molecule has 2 rings (SSSR count). The van der Waals surface area contributed by atoms with Crippen LogP contribution in [0.15, 0.2) is 65.8 Å². The maximum atomic E-state index is 13.1. The molecule has 0 radical (unpaired) electrons. The summed E-state index contributed by atoms with van der Waals surface area (Å²) in [6, 6.07) is 10.1. The molecule has 36 heavy (non-hydrogen) atoms. The Balaban J connectivity index is 2.35. The van der Waals surface area contributed by atoms with E-state index in [1.807, 2.05) is 0 Å². The van der Waals surface area contributed by atoms with Crippen LogP contribution in [-0.2, 0) is 16.0 Å². The zero-order valence-electron chi connectivity index (χ0n) is 21.8. The standard InChI is InChI=1S/C30H34O6/c1-20(2)8-7-9-21(3)10-16-27-29(34-6)19-17-26(30(27)36-23(5)32)28(33)18-13-24-11-14-25(15-12-24)35-22(4)31/h8,10-15,17-19H,7,9,16H2,1-6H3/b18-13?,21-10+. The van der Waals surface area contributed by atoms with Crippen molar-refractivity contribution in [2.75, 3.05) is 7.11 Å². The summed E-state index contributed by atoms with van der Waals surface area (Å²) in [5, 5.41) is 0. The van der Waals surface area contributed by atoms with Crippen molar-refractivity contribution in [2.24, 2.45) is 0 Å². The molecular weight excluding hydrogens is 456 g/mol. The van der Waals surface area contributed by atoms with E-state index < -0.39 is 11.9 Å². The van der Waals surface area contributed by atoms with Gasteiger partial charge in [-0.25, -0.2) is 0 Å². The third-order valence-corrected chi connectivity index (χ3v) is 5.26. The van der Waals surface area contributed by atoms with Crippen molar-refractivity contribution in [3.8, 4) is 17.2 Å². The molecule has 0 fully saturated rings. The summed E-state index contributed by atoms with van der Waals surface area (Å²) in [5.41, 5.74) is 4.12. The minimum atomic E-state index is -0.521. The summed E-state index contributed by atoms with van der Waals surface area (Å²) < 4.78 is 16.1. The van der Waals surface area contributed by atoms with Crippen molar-refractivity contribution in [3.05, 3.63) is 82.5 Å². The molecular formula is C30H34O6. The van der Waals surface area contributed by atoms with Gasteiger partial charge in [0.05, 0.1) is 12.7 Å². The van der Waals surface area contributed by atoms with Crippen LogP contribution in [0.5, 0.6) is 17.2 Å². The molecule has 190 valence electrons. The summed E-state index contributed by atoms with van der Waals surface area (Å²) in [5.74, 6) is -0.0700. The second kappa shape index (κ2) is 13.8. The second-order valence-corrected chi connectivity index (χ2v) is 8.65. The van der Waals surface area contributed by atoms with Gasteiger partial charge < -0.3 is 14.2 Å². The molecule has 6 nitrogen and oxygen atoms in total. The average Bonchev–Trinajstić information content (AvgIpc) is 2.81. The number of methoxy groups -OCH3 is 1. The van der Waals surface area contributed by atoms with Crippen LogP contribution in [0.2, 0.25) is 0 Å².